The largest absolute Gasteiger partial charge is 0.494 e. The third-order valence-electron chi connectivity index (χ3n) is 2.65. The summed E-state index contributed by atoms with van der Waals surface area (Å²) in [5, 5.41) is 11.3. The number of carbonyl (C=O) groups excluding carboxylic acids is 1. The zero-order chi connectivity index (χ0) is 15.0. The number of benzene rings is 1. The number of nitrogens with one attached hydrogen (secondary N) is 1. The Balaban J connectivity index is 2.24. The second-order valence-electron chi connectivity index (χ2n) is 4.28. The van der Waals surface area contributed by atoms with Gasteiger partial charge in [-0.1, -0.05) is 28.9 Å². The maximum Gasteiger partial charge on any atom is 0.326 e. The van der Waals surface area contributed by atoms with Gasteiger partial charge in [-0.15, -0.1) is 0 Å². The third-order valence-corrected chi connectivity index (χ3v) is 3.15. The van der Waals surface area contributed by atoms with E-state index in [2.05, 4.69) is 21.2 Å². The van der Waals surface area contributed by atoms with Crippen molar-refractivity contribution in [3.8, 4) is 5.75 Å². The highest BCUT2D eigenvalue weighted by Gasteiger charge is 2.16. The van der Waals surface area contributed by atoms with Gasteiger partial charge in [0.2, 0.25) is 5.91 Å². The van der Waals surface area contributed by atoms with Crippen molar-refractivity contribution in [3.63, 3.8) is 0 Å². The van der Waals surface area contributed by atoms with Crippen molar-refractivity contribution in [2.45, 2.75) is 32.2 Å². The van der Waals surface area contributed by atoms with Crippen LogP contribution in [0, 0.1) is 0 Å². The minimum atomic E-state index is -1.01. The summed E-state index contributed by atoms with van der Waals surface area (Å²) in [5.74, 6) is -0.542. The summed E-state index contributed by atoms with van der Waals surface area (Å²) in [5.41, 5.74) is 0. The number of hydrogen-bond donors (Lipinski definition) is 2. The highest BCUT2D eigenvalue weighted by atomic mass is 79.9. The zero-order valence-electron chi connectivity index (χ0n) is 11.3. The number of hydrogen-bond acceptors (Lipinski definition) is 3. The quantitative estimate of drug-likeness (QED) is 0.711. The molecule has 110 valence electrons. The van der Waals surface area contributed by atoms with E-state index in [-0.39, 0.29) is 12.3 Å². The van der Waals surface area contributed by atoms with Gasteiger partial charge in [0.1, 0.15) is 11.8 Å². The Bertz CT molecular complexity index is 464. The maximum atomic E-state index is 11.5. The van der Waals surface area contributed by atoms with E-state index in [1.807, 2.05) is 24.3 Å². The maximum absolute atomic E-state index is 11.5. The van der Waals surface area contributed by atoms with E-state index < -0.39 is 12.0 Å². The van der Waals surface area contributed by atoms with Crippen molar-refractivity contribution < 1.29 is 19.4 Å². The van der Waals surface area contributed by atoms with Crippen LogP contribution < -0.4 is 10.1 Å². The minimum absolute atomic E-state index is 0.248. The van der Waals surface area contributed by atoms with E-state index in [0.717, 1.165) is 10.2 Å². The highest BCUT2D eigenvalue weighted by Crippen LogP contribution is 2.17. The highest BCUT2D eigenvalue weighted by molar-refractivity contribution is 9.10. The smallest absolute Gasteiger partial charge is 0.326 e. The lowest BCUT2D eigenvalue weighted by molar-refractivity contribution is -0.141. The fourth-order valence-electron chi connectivity index (χ4n) is 1.58. The Hall–Kier alpha value is -1.56. The molecule has 0 aliphatic carbocycles. The molecule has 1 aromatic carbocycles. The Kier molecular flexibility index (Phi) is 7.08. The molecule has 5 nitrogen and oxygen atoms in total. The van der Waals surface area contributed by atoms with Crippen LogP contribution in [-0.4, -0.2) is 29.6 Å². The van der Waals surface area contributed by atoms with E-state index in [1.54, 1.807) is 6.92 Å². The number of halogens is 1. The summed E-state index contributed by atoms with van der Waals surface area (Å²) >= 11 is 3.34. The average Bonchev–Trinajstić information content (AvgIpc) is 2.40. The first kappa shape index (κ1) is 16.5. The van der Waals surface area contributed by atoms with Crippen LogP contribution in [0.25, 0.3) is 0 Å². The number of ether oxygens (including phenoxy) is 1. The molecule has 0 radical (unpaired) electrons. The molecule has 0 aliphatic heterocycles. The Labute approximate surface area is 126 Å². The van der Waals surface area contributed by atoms with Crippen LogP contribution in [0.15, 0.2) is 28.7 Å². The normalized spacial score (nSPS) is 11.7. The Morgan fingerprint density at radius 2 is 2.20 bits per heavy atom. The molecule has 1 atom stereocenters. The monoisotopic (exact) mass is 343 g/mol. The average molecular weight is 344 g/mol. The molecule has 0 spiro atoms. The van der Waals surface area contributed by atoms with Gasteiger partial charge in [0.15, 0.2) is 0 Å². The van der Waals surface area contributed by atoms with Gasteiger partial charge in [-0.2, -0.15) is 0 Å². The summed E-state index contributed by atoms with van der Waals surface area (Å²) in [4.78, 5) is 22.3. The summed E-state index contributed by atoms with van der Waals surface area (Å²) < 4.78 is 6.42. The van der Waals surface area contributed by atoms with Crippen molar-refractivity contribution >= 4 is 27.8 Å². The molecule has 0 saturated heterocycles. The molecule has 1 rings (SSSR count). The number of aliphatic carboxylic acids is 1. The first-order valence-electron chi connectivity index (χ1n) is 6.43. The lowest BCUT2D eigenvalue weighted by Gasteiger charge is -2.12. The molecule has 2 N–H and O–H groups in total. The molecule has 0 heterocycles. The van der Waals surface area contributed by atoms with Crippen LogP contribution >= 0.6 is 15.9 Å². The SMILES string of the molecule is CCC(NC(=O)CCCOc1cccc(Br)c1)C(=O)O. The van der Waals surface area contributed by atoms with E-state index in [4.69, 9.17) is 9.84 Å². The van der Waals surface area contributed by atoms with Crippen molar-refractivity contribution in [1.29, 1.82) is 0 Å². The number of carboxylic acid groups (broad SMARTS) is 1. The van der Waals surface area contributed by atoms with Gasteiger partial charge in [0.05, 0.1) is 6.61 Å². The van der Waals surface area contributed by atoms with E-state index in [0.29, 0.717) is 19.4 Å². The number of rotatable bonds is 8. The number of amides is 1. The molecule has 20 heavy (non-hydrogen) atoms. The number of carbonyl (C=O) groups is 2. The van der Waals surface area contributed by atoms with Gasteiger partial charge in [0, 0.05) is 10.9 Å². The zero-order valence-corrected chi connectivity index (χ0v) is 12.9. The third kappa shape index (κ3) is 6.06. The fourth-order valence-corrected chi connectivity index (χ4v) is 1.96. The lowest BCUT2D eigenvalue weighted by Crippen LogP contribution is -2.40. The summed E-state index contributed by atoms with van der Waals surface area (Å²) in [7, 11) is 0. The second-order valence-corrected chi connectivity index (χ2v) is 5.19. The molecule has 0 aromatic heterocycles. The molecule has 0 aliphatic rings. The minimum Gasteiger partial charge on any atom is -0.494 e. The van der Waals surface area contributed by atoms with Gasteiger partial charge in [-0.3, -0.25) is 4.79 Å². The molecule has 1 aromatic rings. The first-order valence-corrected chi connectivity index (χ1v) is 7.22. The molecular formula is C14H18BrNO4. The fraction of sp³-hybridized carbons (Fsp3) is 0.429. The molecule has 1 amide bonds. The molecular weight excluding hydrogens is 326 g/mol. The molecule has 0 bridgehead atoms. The van der Waals surface area contributed by atoms with Crippen molar-refractivity contribution in [3.05, 3.63) is 28.7 Å². The molecule has 1 unspecified atom stereocenters. The standard InChI is InChI=1S/C14H18BrNO4/c1-2-12(14(18)19)16-13(17)7-4-8-20-11-6-3-5-10(15)9-11/h3,5-6,9,12H,2,4,7-8H2,1H3,(H,16,17)(H,18,19). The van der Waals surface area contributed by atoms with Crippen LogP contribution in [0.4, 0.5) is 0 Å². The predicted molar refractivity (Wildman–Crippen MR) is 78.7 cm³/mol. The summed E-state index contributed by atoms with van der Waals surface area (Å²) in [6.45, 7) is 2.13. The van der Waals surface area contributed by atoms with Crippen molar-refractivity contribution in [2.24, 2.45) is 0 Å². The molecule has 0 saturated carbocycles. The topological polar surface area (TPSA) is 75.6 Å². The number of carboxylic acids is 1. The van der Waals surface area contributed by atoms with Gasteiger partial charge >= 0.3 is 5.97 Å². The summed E-state index contributed by atoms with van der Waals surface area (Å²) in [6, 6.07) is 6.63. The molecule has 0 fully saturated rings. The van der Waals surface area contributed by atoms with Gasteiger partial charge in [0.25, 0.3) is 0 Å². The van der Waals surface area contributed by atoms with Crippen molar-refractivity contribution in [2.75, 3.05) is 6.61 Å². The van der Waals surface area contributed by atoms with E-state index in [9.17, 15) is 9.59 Å². The van der Waals surface area contributed by atoms with Crippen LogP contribution in [0.1, 0.15) is 26.2 Å². The predicted octanol–water partition coefficient (Wildman–Crippen LogP) is 2.59. The van der Waals surface area contributed by atoms with Crippen molar-refractivity contribution in [1.82, 2.24) is 5.32 Å². The molecule has 6 heteroatoms. The van der Waals surface area contributed by atoms with Crippen LogP contribution in [0.2, 0.25) is 0 Å². The second kappa shape index (κ2) is 8.58. The van der Waals surface area contributed by atoms with Crippen LogP contribution in [0.5, 0.6) is 5.75 Å². The van der Waals surface area contributed by atoms with Gasteiger partial charge < -0.3 is 15.2 Å². The van der Waals surface area contributed by atoms with Crippen LogP contribution in [0.3, 0.4) is 0 Å². The Morgan fingerprint density at radius 1 is 1.45 bits per heavy atom. The van der Waals surface area contributed by atoms with Gasteiger partial charge in [-0.25, -0.2) is 4.79 Å². The summed E-state index contributed by atoms with van der Waals surface area (Å²) in [6.07, 6.45) is 1.15. The van der Waals surface area contributed by atoms with Crippen LogP contribution in [-0.2, 0) is 9.59 Å². The Morgan fingerprint density at radius 3 is 2.80 bits per heavy atom. The van der Waals surface area contributed by atoms with E-state index >= 15 is 0 Å². The van der Waals surface area contributed by atoms with Gasteiger partial charge in [-0.05, 0) is 31.0 Å². The first-order chi connectivity index (χ1) is 9.52. The van der Waals surface area contributed by atoms with E-state index in [1.165, 1.54) is 0 Å². The lowest BCUT2D eigenvalue weighted by atomic mass is 10.2.